The second kappa shape index (κ2) is 3.97. The minimum Gasteiger partial charge on any atom is -0.405 e. The molecule has 16 heavy (non-hydrogen) atoms. The van der Waals surface area contributed by atoms with Crippen molar-refractivity contribution in [2.24, 2.45) is 0 Å². The first-order chi connectivity index (χ1) is 7.46. The first-order valence-corrected chi connectivity index (χ1v) is 4.94. The lowest BCUT2D eigenvalue weighted by molar-refractivity contribution is -0.275. The zero-order valence-corrected chi connectivity index (χ0v) is 8.67. The van der Waals surface area contributed by atoms with Gasteiger partial charge in [-0.1, -0.05) is 12.1 Å². The smallest absolute Gasteiger partial charge is 0.405 e. The normalized spacial score (nSPS) is 20.4. The predicted octanol–water partition coefficient (Wildman–Crippen LogP) is 3.05. The maximum Gasteiger partial charge on any atom is 0.573 e. The molecule has 0 aromatic heterocycles. The zero-order valence-electron chi connectivity index (χ0n) is 8.67. The van der Waals surface area contributed by atoms with E-state index in [0.29, 0.717) is 18.6 Å². The first kappa shape index (κ1) is 11.3. The molecule has 1 atom stereocenters. The fourth-order valence-electron chi connectivity index (χ4n) is 1.78. The van der Waals surface area contributed by atoms with Crippen LogP contribution >= 0.6 is 0 Å². The van der Waals surface area contributed by atoms with E-state index in [-0.39, 0.29) is 11.9 Å². The standard InChI is InChI=1S/C11H11F3O2/c1-7-5-9-8(6-15-7)3-2-4-10(9)16-11(12,13)14/h2-4,7H,5-6H2,1H3/t7-/m1/s1. The van der Waals surface area contributed by atoms with Crippen molar-refractivity contribution in [1.82, 2.24) is 0 Å². The molecule has 1 aliphatic heterocycles. The molecule has 0 unspecified atom stereocenters. The lowest BCUT2D eigenvalue weighted by Crippen LogP contribution is -2.23. The van der Waals surface area contributed by atoms with E-state index in [0.717, 1.165) is 5.56 Å². The van der Waals surface area contributed by atoms with Crippen LogP contribution in [0.25, 0.3) is 0 Å². The number of benzene rings is 1. The van der Waals surface area contributed by atoms with Crippen LogP contribution in [0.4, 0.5) is 13.2 Å². The summed E-state index contributed by atoms with van der Waals surface area (Å²) >= 11 is 0. The average Bonchev–Trinajstić information content (AvgIpc) is 2.17. The monoisotopic (exact) mass is 232 g/mol. The third-order valence-electron chi connectivity index (χ3n) is 2.47. The zero-order chi connectivity index (χ0) is 11.8. The molecule has 2 rings (SSSR count). The second-order valence-corrected chi connectivity index (χ2v) is 3.77. The fourth-order valence-corrected chi connectivity index (χ4v) is 1.78. The van der Waals surface area contributed by atoms with Gasteiger partial charge >= 0.3 is 6.36 Å². The van der Waals surface area contributed by atoms with E-state index >= 15 is 0 Å². The van der Waals surface area contributed by atoms with Crippen LogP contribution in [-0.2, 0) is 17.8 Å². The van der Waals surface area contributed by atoms with Crippen LogP contribution in [0.5, 0.6) is 5.75 Å². The summed E-state index contributed by atoms with van der Waals surface area (Å²) in [7, 11) is 0. The molecule has 0 spiro atoms. The molecule has 1 aromatic rings. The van der Waals surface area contributed by atoms with Crippen LogP contribution in [0.1, 0.15) is 18.1 Å². The lowest BCUT2D eigenvalue weighted by Gasteiger charge is -2.24. The molecular weight excluding hydrogens is 221 g/mol. The van der Waals surface area contributed by atoms with Crippen molar-refractivity contribution < 1.29 is 22.6 Å². The Bertz CT molecular complexity index is 387. The first-order valence-electron chi connectivity index (χ1n) is 4.94. The van der Waals surface area contributed by atoms with E-state index < -0.39 is 6.36 Å². The molecule has 5 heteroatoms. The van der Waals surface area contributed by atoms with Crippen LogP contribution in [-0.4, -0.2) is 12.5 Å². The van der Waals surface area contributed by atoms with Crippen molar-refractivity contribution in [2.75, 3.05) is 0 Å². The molecule has 0 saturated heterocycles. The molecule has 88 valence electrons. The van der Waals surface area contributed by atoms with Crippen molar-refractivity contribution in [3.63, 3.8) is 0 Å². The van der Waals surface area contributed by atoms with Gasteiger partial charge in [0.2, 0.25) is 0 Å². The van der Waals surface area contributed by atoms with Crippen molar-refractivity contribution in [3.05, 3.63) is 29.3 Å². The lowest BCUT2D eigenvalue weighted by atomic mass is 9.99. The number of fused-ring (bicyclic) bond motifs is 1. The third kappa shape index (κ3) is 2.47. The number of rotatable bonds is 1. The molecule has 0 bridgehead atoms. The van der Waals surface area contributed by atoms with Gasteiger partial charge in [-0.15, -0.1) is 13.2 Å². The van der Waals surface area contributed by atoms with Crippen molar-refractivity contribution >= 4 is 0 Å². The van der Waals surface area contributed by atoms with Crippen molar-refractivity contribution in [1.29, 1.82) is 0 Å². The molecule has 1 heterocycles. The van der Waals surface area contributed by atoms with E-state index in [2.05, 4.69) is 4.74 Å². The SMILES string of the molecule is C[C@@H]1Cc2c(cccc2OC(F)(F)F)CO1. The molecule has 1 aromatic carbocycles. The van der Waals surface area contributed by atoms with E-state index in [4.69, 9.17) is 4.74 Å². The van der Waals surface area contributed by atoms with Gasteiger partial charge in [-0.3, -0.25) is 0 Å². The molecule has 0 amide bonds. The Labute approximate surface area is 91.0 Å². The van der Waals surface area contributed by atoms with E-state index in [1.807, 2.05) is 6.92 Å². The van der Waals surface area contributed by atoms with E-state index in [1.54, 1.807) is 12.1 Å². The van der Waals surface area contributed by atoms with Crippen LogP contribution in [0.15, 0.2) is 18.2 Å². The summed E-state index contributed by atoms with van der Waals surface area (Å²) in [5.41, 5.74) is 1.36. The maximum atomic E-state index is 12.2. The summed E-state index contributed by atoms with van der Waals surface area (Å²) in [6.07, 6.45) is -4.27. The molecule has 2 nitrogen and oxygen atoms in total. The van der Waals surface area contributed by atoms with Gasteiger partial charge in [-0.2, -0.15) is 0 Å². The molecule has 0 radical (unpaired) electrons. The van der Waals surface area contributed by atoms with Crippen LogP contribution in [0.3, 0.4) is 0 Å². The van der Waals surface area contributed by atoms with Gasteiger partial charge < -0.3 is 9.47 Å². The number of hydrogen-bond acceptors (Lipinski definition) is 2. The number of ether oxygens (including phenoxy) is 2. The summed E-state index contributed by atoms with van der Waals surface area (Å²) in [6.45, 7) is 2.17. The van der Waals surface area contributed by atoms with Crippen LogP contribution in [0, 0.1) is 0 Å². The highest BCUT2D eigenvalue weighted by Crippen LogP contribution is 2.32. The van der Waals surface area contributed by atoms with Gasteiger partial charge in [-0.25, -0.2) is 0 Å². The summed E-state index contributed by atoms with van der Waals surface area (Å²) in [5, 5.41) is 0. The molecule has 0 saturated carbocycles. The minimum absolute atomic E-state index is 0.0783. The highest BCUT2D eigenvalue weighted by molar-refractivity contribution is 5.41. The Morgan fingerprint density at radius 3 is 2.81 bits per heavy atom. The molecule has 0 N–H and O–H groups in total. The quantitative estimate of drug-likeness (QED) is 0.740. The van der Waals surface area contributed by atoms with Gasteiger partial charge in [0.05, 0.1) is 12.7 Å². The Hall–Kier alpha value is -1.23. The van der Waals surface area contributed by atoms with Gasteiger partial charge in [0.15, 0.2) is 0 Å². The molecule has 0 aliphatic carbocycles. The fraction of sp³-hybridized carbons (Fsp3) is 0.455. The summed E-state index contributed by atoms with van der Waals surface area (Å²) in [5.74, 6) is -0.111. The molecule has 0 fully saturated rings. The summed E-state index contributed by atoms with van der Waals surface area (Å²) in [6, 6.07) is 4.63. The summed E-state index contributed by atoms with van der Waals surface area (Å²) in [4.78, 5) is 0. The second-order valence-electron chi connectivity index (χ2n) is 3.77. The van der Waals surface area contributed by atoms with Crippen LogP contribution < -0.4 is 4.74 Å². The molecule has 1 aliphatic rings. The van der Waals surface area contributed by atoms with Crippen molar-refractivity contribution in [3.8, 4) is 5.75 Å². The maximum absolute atomic E-state index is 12.2. The van der Waals surface area contributed by atoms with E-state index in [1.165, 1.54) is 6.07 Å². The Balaban J connectivity index is 2.32. The predicted molar refractivity (Wildman–Crippen MR) is 51.1 cm³/mol. The van der Waals surface area contributed by atoms with E-state index in [9.17, 15) is 13.2 Å². The van der Waals surface area contributed by atoms with Crippen molar-refractivity contribution in [2.45, 2.75) is 32.4 Å². The average molecular weight is 232 g/mol. The summed E-state index contributed by atoms with van der Waals surface area (Å²) < 4.78 is 45.8. The number of alkyl halides is 3. The minimum atomic E-state index is -4.64. The Morgan fingerprint density at radius 1 is 1.38 bits per heavy atom. The van der Waals surface area contributed by atoms with Gasteiger partial charge in [0, 0.05) is 12.0 Å². The topological polar surface area (TPSA) is 18.5 Å². The van der Waals surface area contributed by atoms with Gasteiger partial charge in [0.25, 0.3) is 0 Å². The van der Waals surface area contributed by atoms with Gasteiger partial charge in [-0.05, 0) is 18.6 Å². The Morgan fingerprint density at radius 2 is 2.12 bits per heavy atom. The molecular formula is C11H11F3O2. The number of halogens is 3. The van der Waals surface area contributed by atoms with Gasteiger partial charge in [0.1, 0.15) is 5.75 Å². The number of hydrogen-bond donors (Lipinski definition) is 0. The highest BCUT2D eigenvalue weighted by Gasteiger charge is 2.33. The van der Waals surface area contributed by atoms with Crippen LogP contribution in [0.2, 0.25) is 0 Å². The largest absolute Gasteiger partial charge is 0.573 e. The Kier molecular flexibility index (Phi) is 2.80. The third-order valence-corrected chi connectivity index (χ3v) is 2.47. The highest BCUT2D eigenvalue weighted by atomic mass is 19.4.